The van der Waals surface area contributed by atoms with Gasteiger partial charge in [-0.1, -0.05) is 54.9 Å². The average molecular weight is 740 g/mol. The van der Waals surface area contributed by atoms with E-state index in [2.05, 4.69) is 17.0 Å². The second-order valence-corrected chi connectivity index (χ2v) is 15.6. The highest BCUT2D eigenvalue weighted by Crippen LogP contribution is 2.45. The summed E-state index contributed by atoms with van der Waals surface area (Å²) >= 11 is 6.47. The van der Waals surface area contributed by atoms with Gasteiger partial charge in [-0.15, -0.1) is 0 Å². The van der Waals surface area contributed by atoms with Gasteiger partial charge in [0.05, 0.1) is 39.5 Å². The van der Waals surface area contributed by atoms with Crippen LogP contribution in [0.25, 0.3) is 28.3 Å². The molecule has 0 unspecified atom stereocenters. The third-order valence-electron chi connectivity index (χ3n) is 8.57. The Morgan fingerprint density at radius 1 is 0.900 bits per heavy atom. The van der Waals surface area contributed by atoms with Crippen LogP contribution in [0.15, 0.2) is 82.6 Å². The van der Waals surface area contributed by atoms with Gasteiger partial charge in [0.25, 0.3) is 25.8 Å². The van der Waals surface area contributed by atoms with E-state index >= 15 is 0 Å². The van der Waals surface area contributed by atoms with Crippen molar-refractivity contribution >= 4 is 60.4 Å². The molecular weight excluding hydrogens is 700 g/mol. The Hall–Kier alpha value is -4.19. The minimum Gasteiger partial charge on any atom is -0.398 e. The lowest BCUT2D eigenvalue weighted by Gasteiger charge is -2.25. The second-order valence-electron chi connectivity index (χ2n) is 12.0. The zero-order chi connectivity index (χ0) is 36.1. The number of halogens is 1. The van der Waals surface area contributed by atoms with E-state index in [1.807, 2.05) is 77.9 Å². The summed E-state index contributed by atoms with van der Waals surface area (Å²) in [6, 6.07) is 21.6. The van der Waals surface area contributed by atoms with Crippen LogP contribution in [0.2, 0.25) is 5.02 Å². The van der Waals surface area contributed by atoms with Gasteiger partial charge >= 0.3 is 5.89 Å². The number of fused-ring (bicyclic) bond motifs is 2. The van der Waals surface area contributed by atoms with Crippen molar-refractivity contribution in [3.63, 3.8) is 0 Å². The zero-order valence-electron chi connectivity index (χ0n) is 27.9. The molecule has 0 aliphatic carbocycles. The van der Waals surface area contributed by atoms with Crippen LogP contribution in [-0.2, 0) is 26.8 Å². The van der Waals surface area contributed by atoms with E-state index in [0.29, 0.717) is 61.0 Å². The van der Waals surface area contributed by atoms with Gasteiger partial charge in [0, 0.05) is 25.6 Å². The summed E-state index contributed by atoms with van der Waals surface area (Å²) in [5, 5.41) is 10.1. The molecule has 0 bridgehead atoms. The van der Waals surface area contributed by atoms with E-state index < -0.39 is 20.2 Å². The topological polar surface area (TPSA) is 156 Å². The summed E-state index contributed by atoms with van der Waals surface area (Å²) in [5.74, 6) is 0.701. The Morgan fingerprint density at radius 2 is 1.58 bits per heavy atom. The molecule has 0 radical (unpaired) electrons. The van der Waals surface area contributed by atoms with Crippen molar-refractivity contribution in [3.05, 3.63) is 94.6 Å². The molecule has 1 aliphatic rings. The van der Waals surface area contributed by atoms with Crippen molar-refractivity contribution in [3.8, 4) is 17.2 Å². The van der Waals surface area contributed by atoms with Crippen molar-refractivity contribution in [2.24, 2.45) is 0 Å². The van der Waals surface area contributed by atoms with Gasteiger partial charge in [-0.2, -0.15) is 26.7 Å². The summed E-state index contributed by atoms with van der Waals surface area (Å²) in [6.45, 7) is 5.48. The summed E-state index contributed by atoms with van der Waals surface area (Å²) in [5.41, 5.74) is 6.37. The zero-order valence-corrected chi connectivity index (χ0v) is 30.3. The van der Waals surface area contributed by atoms with E-state index in [-0.39, 0.29) is 24.3 Å². The fraction of sp³-hybridized carbons (Fsp3) is 0.333. The number of aryl methyl sites for hydroxylation is 1. The van der Waals surface area contributed by atoms with Crippen LogP contribution in [0.3, 0.4) is 0 Å². The lowest BCUT2D eigenvalue weighted by atomic mass is 10.1. The quantitative estimate of drug-likeness (QED) is 0.0725. The molecule has 4 aromatic rings. The highest BCUT2D eigenvalue weighted by atomic mass is 35.5. The first kappa shape index (κ1) is 37.1. The molecule has 0 spiro atoms. The highest BCUT2D eigenvalue weighted by molar-refractivity contribution is 7.86. The molecule has 1 aromatic heterocycles. The number of unbranched alkanes of at least 4 members (excludes halogenated alkanes) is 2. The molecule has 264 valence electrons. The molecule has 11 nitrogen and oxygen atoms in total. The lowest BCUT2D eigenvalue weighted by Crippen LogP contribution is -2.35. The summed E-state index contributed by atoms with van der Waals surface area (Å²) < 4.78 is 72.6. The molecular formula is C36H40ClN4O7S2+. The molecule has 0 atom stereocenters. The minimum absolute atomic E-state index is 0.251. The monoisotopic (exact) mass is 739 g/mol. The number of allylic oxidation sites excluding steroid dienone is 2. The van der Waals surface area contributed by atoms with Gasteiger partial charge in [0.2, 0.25) is 5.58 Å². The van der Waals surface area contributed by atoms with E-state index in [1.54, 1.807) is 12.1 Å². The van der Waals surface area contributed by atoms with Crippen molar-refractivity contribution in [2.75, 3.05) is 34.4 Å². The highest BCUT2D eigenvalue weighted by Gasteiger charge is 2.32. The first-order valence-electron chi connectivity index (χ1n) is 16.4. The fourth-order valence-corrected chi connectivity index (χ4v) is 7.45. The number of rotatable bonds is 15. The lowest BCUT2D eigenvalue weighted by molar-refractivity contribution is -0.678. The maximum absolute atomic E-state index is 11.4. The predicted molar refractivity (Wildman–Crippen MR) is 196 cm³/mol. The van der Waals surface area contributed by atoms with Crippen molar-refractivity contribution in [2.45, 2.75) is 52.5 Å². The number of nitrogens with zero attached hydrogens (tertiary/aromatic N) is 4. The van der Waals surface area contributed by atoms with Crippen LogP contribution in [-0.4, -0.2) is 50.5 Å². The number of hydrogen-bond acceptors (Lipinski definition) is 8. The molecule has 2 N–H and O–H groups in total. The maximum Gasteiger partial charge on any atom is 0.374 e. The molecule has 3 aromatic carbocycles. The first-order chi connectivity index (χ1) is 23.8. The molecule has 50 heavy (non-hydrogen) atoms. The molecule has 0 amide bonds. The van der Waals surface area contributed by atoms with E-state index in [4.69, 9.17) is 16.0 Å². The number of anilines is 2. The number of oxazole rings is 1. The SMILES string of the molecule is CCC(=Cc1oc2ccc(-c3ccccc3)cc2[n+]1CCCCS(=O)(=O)O)C=C1N(CC)c2cc(Cl)c(C#N)cc2N1CCCCS(=O)(=O)O. The average Bonchev–Trinajstić information content (AvgIpc) is 3.56. The molecule has 14 heteroatoms. The van der Waals surface area contributed by atoms with Gasteiger partial charge in [-0.3, -0.25) is 9.11 Å². The Kier molecular flexibility index (Phi) is 11.7. The molecule has 0 fully saturated rings. The van der Waals surface area contributed by atoms with E-state index in [9.17, 15) is 31.2 Å². The van der Waals surface area contributed by atoms with Crippen LogP contribution in [0.4, 0.5) is 11.4 Å². The van der Waals surface area contributed by atoms with Crippen molar-refractivity contribution < 1.29 is 34.9 Å². The molecule has 5 rings (SSSR count). The summed E-state index contributed by atoms with van der Waals surface area (Å²) in [6.07, 6.45) is 6.08. The Balaban J connectivity index is 1.58. The van der Waals surface area contributed by atoms with Crippen LogP contribution >= 0.6 is 11.6 Å². The standard InChI is InChI=1S/C36H39ClN4O7S2/c1-3-26(20-35-39(4-2)32-24-30(37)29(25-38)23-31(32)40(35)16-8-10-18-49(42,43)44)21-36-41(17-9-11-19-50(45,46)47)33-22-28(14-15-34(33)48-36)27-12-6-5-7-13-27/h5-7,12-15,20-24H,3-4,8-11,16-19H2,1-2H3,(H-,42,43,44,45,46,47)/p+1. The minimum atomic E-state index is -4.10. The van der Waals surface area contributed by atoms with Gasteiger partial charge in [0.1, 0.15) is 11.9 Å². The van der Waals surface area contributed by atoms with Gasteiger partial charge < -0.3 is 14.2 Å². The van der Waals surface area contributed by atoms with Gasteiger partial charge in [0.15, 0.2) is 6.54 Å². The number of hydrogen-bond donors (Lipinski definition) is 2. The molecule has 0 saturated heterocycles. The van der Waals surface area contributed by atoms with Crippen LogP contribution in [0, 0.1) is 11.3 Å². The third kappa shape index (κ3) is 8.93. The van der Waals surface area contributed by atoms with Crippen molar-refractivity contribution in [1.29, 1.82) is 5.26 Å². The Morgan fingerprint density at radius 3 is 2.22 bits per heavy atom. The summed E-state index contributed by atoms with van der Waals surface area (Å²) in [4.78, 5) is 4.13. The molecule has 2 heterocycles. The third-order valence-corrected chi connectivity index (χ3v) is 10.5. The van der Waals surface area contributed by atoms with Gasteiger partial charge in [-0.25, -0.2) is 0 Å². The largest absolute Gasteiger partial charge is 0.398 e. The van der Waals surface area contributed by atoms with Crippen LogP contribution in [0.5, 0.6) is 0 Å². The van der Waals surface area contributed by atoms with Gasteiger partial charge in [-0.05, 0) is 73.6 Å². The number of benzene rings is 3. The first-order valence-corrected chi connectivity index (χ1v) is 20.0. The van der Waals surface area contributed by atoms with E-state index in [1.165, 1.54) is 0 Å². The Bertz CT molecular complexity index is 2190. The predicted octanol–water partition coefficient (Wildman–Crippen LogP) is 7.23. The van der Waals surface area contributed by atoms with E-state index in [0.717, 1.165) is 39.4 Å². The molecule has 1 aliphatic heterocycles. The summed E-state index contributed by atoms with van der Waals surface area (Å²) in [7, 11) is -8.19. The number of nitriles is 1. The maximum atomic E-state index is 11.4. The number of aromatic nitrogens is 1. The van der Waals surface area contributed by atoms with Crippen molar-refractivity contribution in [1.82, 2.24) is 0 Å². The van der Waals surface area contributed by atoms with Crippen LogP contribution in [0.1, 0.15) is 57.4 Å². The normalized spacial score (nSPS) is 14.5. The smallest absolute Gasteiger partial charge is 0.374 e. The second kappa shape index (κ2) is 15.8. The molecule has 0 saturated carbocycles. The Labute approximate surface area is 298 Å². The fourth-order valence-electron chi connectivity index (χ4n) is 6.11. The van der Waals surface area contributed by atoms with Crippen LogP contribution < -0.4 is 14.4 Å².